The van der Waals surface area contributed by atoms with Crippen LogP contribution in [-0.2, 0) is 13.2 Å². The van der Waals surface area contributed by atoms with Crippen molar-refractivity contribution in [3.05, 3.63) is 65.0 Å². The summed E-state index contributed by atoms with van der Waals surface area (Å²) in [7, 11) is 0. The predicted molar refractivity (Wildman–Crippen MR) is 63.0 cm³/mol. The molecule has 0 heterocycles. The van der Waals surface area contributed by atoms with Gasteiger partial charge in [0.1, 0.15) is 6.61 Å². The molecule has 1 N–H and O–H groups in total. The van der Waals surface area contributed by atoms with Crippen molar-refractivity contribution < 1.29 is 23.0 Å². The van der Waals surface area contributed by atoms with E-state index in [9.17, 15) is 13.2 Å². The van der Waals surface area contributed by atoms with Crippen LogP contribution in [0.1, 0.15) is 11.1 Å². The minimum absolute atomic E-state index is 0.00522. The highest BCUT2D eigenvalue weighted by Crippen LogP contribution is 2.21. The summed E-state index contributed by atoms with van der Waals surface area (Å²) < 4.78 is 44.9. The predicted octanol–water partition coefficient (Wildman–Crippen LogP) is 3.18. The molecule has 0 aromatic heterocycles. The van der Waals surface area contributed by atoms with E-state index in [4.69, 9.17) is 9.84 Å². The van der Waals surface area contributed by atoms with E-state index in [1.165, 1.54) is 24.3 Å². The standard InChI is InChI=1S/C14H11F3O2/c15-11-3-1-2-10(14(11)17)8-19-13-5-4-9(7-18)6-12(13)16/h1-6,18H,7-8H2. The lowest BCUT2D eigenvalue weighted by Gasteiger charge is -2.09. The highest BCUT2D eigenvalue weighted by molar-refractivity contribution is 5.29. The van der Waals surface area contributed by atoms with Crippen LogP contribution >= 0.6 is 0 Å². The number of hydrogen-bond donors (Lipinski definition) is 1. The lowest BCUT2D eigenvalue weighted by atomic mass is 10.2. The topological polar surface area (TPSA) is 29.5 Å². The van der Waals surface area contributed by atoms with Gasteiger partial charge in [0.25, 0.3) is 0 Å². The third-order valence-corrected chi connectivity index (χ3v) is 2.59. The summed E-state index contributed by atoms with van der Waals surface area (Å²) in [6.07, 6.45) is 0. The van der Waals surface area contributed by atoms with E-state index in [2.05, 4.69) is 0 Å². The van der Waals surface area contributed by atoms with Crippen molar-refractivity contribution in [1.29, 1.82) is 0 Å². The van der Waals surface area contributed by atoms with Gasteiger partial charge in [-0.1, -0.05) is 18.2 Å². The molecule has 0 amide bonds. The Morgan fingerprint density at radius 3 is 2.47 bits per heavy atom. The van der Waals surface area contributed by atoms with Gasteiger partial charge in [0.2, 0.25) is 0 Å². The molecule has 0 radical (unpaired) electrons. The van der Waals surface area contributed by atoms with Crippen molar-refractivity contribution >= 4 is 0 Å². The quantitative estimate of drug-likeness (QED) is 0.922. The van der Waals surface area contributed by atoms with Crippen molar-refractivity contribution in [1.82, 2.24) is 0 Å². The molecular weight excluding hydrogens is 257 g/mol. The van der Waals surface area contributed by atoms with Crippen molar-refractivity contribution in [2.45, 2.75) is 13.2 Å². The Kier molecular flexibility index (Phi) is 4.06. The second kappa shape index (κ2) is 5.75. The summed E-state index contributed by atoms with van der Waals surface area (Å²) in [4.78, 5) is 0. The molecule has 0 spiro atoms. The van der Waals surface area contributed by atoms with E-state index < -0.39 is 17.5 Å². The zero-order valence-electron chi connectivity index (χ0n) is 9.87. The summed E-state index contributed by atoms with van der Waals surface area (Å²) in [5.74, 6) is -2.73. The molecule has 2 rings (SSSR count). The van der Waals surface area contributed by atoms with Crippen LogP contribution in [0.4, 0.5) is 13.2 Å². The van der Waals surface area contributed by atoms with Crippen LogP contribution in [0.2, 0.25) is 0 Å². The van der Waals surface area contributed by atoms with Crippen LogP contribution in [0.5, 0.6) is 5.75 Å². The van der Waals surface area contributed by atoms with Crippen LogP contribution in [0, 0.1) is 17.5 Å². The summed E-state index contributed by atoms with van der Waals surface area (Å²) >= 11 is 0. The fourth-order valence-electron chi connectivity index (χ4n) is 1.58. The minimum Gasteiger partial charge on any atom is -0.486 e. The first-order valence-electron chi connectivity index (χ1n) is 5.57. The zero-order valence-corrected chi connectivity index (χ0v) is 9.87. The Hall–Kier alpha value is -2.01. The van der Waals surface area contributed by atoms with Crippen LogP contribution < -0.4 is 4.74 Å². The van der Waals surface area contributed by atoms with Crippen molar-refractivity contribution in [3.63, 3.8) is 0 Å². The van der Waals surface area contributed by atoms with Gasteiger partial charge >= 0.3 is 0 Å². The Labute approximate surface area is 108 Å². The molecule has 5 heteroatoms. The number of ether oxygens (including phenoxy) is 1. The molecular formula is C14H11F3O2. The molecule has 2 nitrogen and oxygen atoms in total. The van der Waals surface area contributed by atoms with Gasteiger partial charge in [0.15, 0.2) is 23.2 Å². The lowest BCUT2D eigenvalue weighted by Crippen LogP contribution is -2.02. The molecule has 2 aromatic rings. The molecule has 0 atom stereocenters. The first-order valence-corrected chi connectivity index (χ1v) is 5.57. The first-order chi connectivity index (χ1) is 9.11. The Morgan fingerprint density at radius 2 is 1.79 bits per heavy atom. The van der Waals surface area contributed by atoms with Crippen LogP contribution in [0.3, 0.4) is 0 Å². The summed E-state index contributed by atoms with van der Waals surface area (Å²) in [5, 5.41) is 8.83. The van der Waals surface area contributed by atoms with Gasteiger partial charge < -0.3 is 9.84 Å². The molecule has 0 saturated carbocycles. The minimum atomic E-state index is -1.00. The SMILES string of the molecule is OCc1ccc(OCc2cccc(F)c2F)c(F)c1. The average Bonchev–Trinajstić information content (AvgIpc) is 2.41. The number of aliphatic hydroxyl groups is 1. The molecule has 0 aliphatic rings. The molecule has 2 aromatic carbocycles. The van der Waals surface area contributed by atoms with Gasteiger partial charge in [-0.2, -0.15) is 0 Å². The van der Waals surface area contributed by atoms with E-state index in [1.54, 1.807) is 0 Å². The molecule has 0 bridgehead atoms. The summed E-state index contributed by atoms with van der Waals surface area (Å²) in [6.45, 7) is -0.561. The van der Waals surface area contributed by atoms with Gasteiger partial charge in [0, 0.05) is 5.56 Å². The highest BCUT2D eigenvalue weighted by atomic mass is 19.2. The van der Waals surface area contributed by atoms with E-state index in [1.807, 2.05) is 0 Å². The maximum atomic E-state index is 13.5. The summed E-state index contributed by atoms with van der Waals surface area (Å²) in [6, 6.07) is 7.64. The van der Waals surface area contributed by atoms with Crippen molar-refractivity contribution in [2.24, 2.45) is 0 Å². The fourth-order valence-corrected chi connectivity index (χ4v) is 1.58. The number of hydrogen-bond acceptors (Lipinski definition) is 2. The third kappa shape index (κ3) is 3.06. The zero-order chi connectivity index (χ0) is 13.8. The second-order valence-corrected chi connectivity index (χ2v) is 3.92. The van der Waals surface area contributed by atoms with Crippen LogP contribution in [0.15, 0.2) is 36.4 Å². The van der Waals surface area contributed by atoms with Gasteiger partial charge in [-0.05, 0) is 23.8 Å². The third-order valence-electron chi connectivity index (χ3n) is 2.59. The van der Waals surface area contributed by atoms with Crippen LogP contribution in [0.25, 0.3) is 0 Å². The van der Waals surface area contributed by atoms with E-state index in [0.717, 1.165) is 12.1 Å². The summed E-state index contributed by atoms with van der Waals surface area (Å²) in [5.41, 5.74) is 0.410. The Balaban J connectivity index is 2.12. The lowest BCUT2D eigenvalue weighted by molar-refractivity contribution is 0.274. The van der Waals surface area contributed by atoms with Gasteiger partial charge in [-0.15, -0.1) is 0 Å². The number of benzene rings is 2. The Morgan fingerprint density at radius 1 is 1.00 bits per heavy atom. The van der Waals surface area contributed by atoms with E-state index >= 15 is 0 Å². The van der Waals surface area contributed by atoms with E-state index in [0.29, 0.717) is 5.56 Å². The maximum absolute atomic E-state index is 13.5. The molecule has 0 aliphatic heterocycles. The van der Waals surface area contributed by atoms with Crippen molar-refractivity contribution in [3.8, 4) is 5.75 Å². The molecule has 0 fully saturated rings. The number of rotatable bonds is 4. The maximum Gasteiger partial charge on any atom is 0.165 e. The average molecular weight is 268 g/mol. The second-order valence-electron chi connectivity index (χ2n) is 3.92. The smallest absolute Gasteiger partial charge is 0.165 e. The molecule has 0 unspecified atom stereocenters. The molecule has 19 heavy (non-hydrogen) atoms. The number of halogens is 3. The van der Waals surface area contributed by atoms with Crippen LogP contribution in [-0.4, -0.2) is 5.11 Å². The normalized spacial score (nSPS) is 10.5. The molecule has 0 saturated heterocycles. The van der Waals surface area contributed by atoms with Crippen molar-refractivity contribution in [2.75, 3.05) is 0 Å². The molecule has 100 valence electrons. The van der Waals surface area contributed by atoms with Gasteiger partial charge in [0.05, 0.1) is 6.61 Å². The number of aliphatic hydroxyl groups excluding tert-OH is 1. The first kappa shape index (κ1) is 13.4. The highest BCUT2D eigenvalue weighted by Gasteiger charge is 2.10. The van der Waals surface area contributed by atoms with Gasteiger partial charge in [-0.3, -0.25) is 0 Å². The van der Waals surface area contributed by atoms with Gasteiger partial charge in [-0.25, -0.2) is 13.2 Å². The largest absolute Gasteiger partial charge is 0.486 e. The Bertz CT molecular complexity index is 585. The molecule has 0 aliphatic carbocycles. The van der Waals surface area contributed by atoms with E-state index in [-0.39, 0.29) is 24.5 Å². The monoisotopic (exact) mass is 268 g/mol. The fraction of sp³-hybridized carbons (Fsp3) is 0.143.